The van der Waals surface area contributed by atoms with E-state index in [0.717, 1.165) is 28.6 Å². The van der Waals surface area contributed by atoms with Gasteiger partial charge in [0, 0.05) is 23.6 Å². The molecule has 1 aromatic heterocycles. The first-order valence-corrected chi connectivity index (χ1v) is 8.78. The number of halogens is 1. The van der Waals surface area contributed by atoms with Gasteiger partial charge in [-0.3, -0.25) is 9.59 Å². The van der Waals surface area contributed by atoms with E-state index >= 15 is 0 Å². The van der Waals surface area contributed by atoms with Crippen LogP contribution in [0.4, 0.5) is 5.69 Å². The molecular formula is C20H20ClN3O2. The molecule has 134 valence electrons. The van der Waals surface area contributed by atoms with Crippen LogP contribution in [0.5, 0.6) is 0 Å². The number of para-hydroxylation sites is 2. The number of aromatic amines is 1. The van der Waals surface area contributed by atoms with Gasteiger partial charge in [0.05, 0.1) is 11.6 Å². The Balaban J connectivity index is 1.72. The van der Waals surface area contributed by atoms with Gasteiger partial charge in [-0.2, -0.15) is 0 Å². The number of carbonyl (C=O) groups is 2. The molecule has 0 fully saturated rings. The van der Waals surface area contributed by atoms with Crippen LogP contribution in [0, 0.1) is 0 Å². The maximum absolute atomic E-state index is 12.7. The van der Waals surface area contributed by atoms with Crippen LogP contribution in [-0.2, 0) is 11.2 Å². The molecule has 0 aliphatic rings. The molecule has 0 radical (unpaired) electrons. The molecule has 0 spiro atoms. The van der Waals surface area contributed by atoms with Gasteiger partial charge in [0.1, 0.15) is 5.69 Å². The van der Waals surface area contributed by atoms with Crippen molar-refractivity contribution in [1.82, 2.24) is 9.88 Å². The summed E-state index contributed by atoms with van der Waals surface area (Å²) in [5.41, 5.74) is 2.89. The van der Waals surface area contributed by atoms with Crippen molar-refractivity contribution in [2.45, 2.75) is 13.3 Å². The van der Waals surface area contributed by atoms with Gasteiger partial charge in [-0.15, -0.1) is 0 Å². The number of benzene rings is 2. The Morgan fingerprint density at radius 3 is 2.54 bits per heavy atom. The fraction of sp³-hybridized carbons (Fsp3) is 0.200. The highest BCUT2D eigenvalue weighted by Crippen LogP contribution is 2.27. The molecule has 2 aromatic carbocycles. The molecule has 2 N–H and O–H groups in total. The van der Waals surface area contributed by atoms with Gasteiger partial charge in [0.15, 0.2) is 0 Å². The molecule has 0 bridgehead atoms. The van der Waals surface area contributed by atoms with Gasteiger partial charge in [-0.05, 0) is 24.1 Å². The average molecular weight is 370 g/mol. The number of carbonyl (C=O) groups excluding carboxylic acids is 2. The Kier molecular flexibility index (Phi) is 5.28. The third-order valence-electron chi connectivity index (χ3n) is 4.26. The molecule has 3 aromatic rings. The van der Waals surface area contributed by atoms with Crippen molar-refractivity contribution in [2.75, 3.05) is 18.9 Å². The van der Waals surface area contributed by atoms with Crippen molar-refractivity contribution >= 4 is 40.0 Å². The van der Waals surface area contributed by atoms with E-state index in [1.807, 2.05) is 55.5 Å². The summed E-state index contributed by atoms with van der Waals surface area (Å²) >= 11 is 6.32. The summed E-state index contributed by atoms with van der Waals surface area (Å²) in [5.74, 6) is -0.584. The average Bonchev–Trinajstić information content (AvgIpc) is 2.98. The summed E-state index contributed by atoms with van der Waals surface area (Å²) in [6.45, 7) is 1.96. The molecule has 0 saturated heterocycles. The van der Waals surface area contributed by atoms with Gasteiger partial charge in [-0.25, -0.2) is 0 Å². The van der Waals surface area contributed by atoms with E-state index in [1.165, 1.54) is 4.90 Å². The molecular weight excluding hydrogens is 350 g/mol. The van der Waals surface area contributed by atoms with Gasteiger partial charge >= 0.3 is 0 Å². The zero-order valence-corrected chi connectivity index (χ0v) is 15.4. The van der Waals surface area contributed by atoms with Crippen molar-refractivity contribution in [1.29, 1.82) is 0 Å². The van der Waals surface area contributed by atoms with Crippen LogP contribution in [0.3, 0.4) is 0 Å². The van der Waals surface area contributed by atoms with E-state index < -0.39 is 0 Å². The van der Waals surface area contributed by atoms with E-state index in [9.17, 15) is 9.59 Å². The smallest absolute Gasteiger partial charge is 0.272 e. The summed E-state index contributed by atoms with van der Waals surface area (Å²) in [5, 5.41) is 4.02. The van der Waals surface area contributed by atoms with Crippen LogP contribution < -0.4 is 5.32 Å². The maximum Gasteiger partial charge on any atom is 0.272 e. The monoisotopic (exact) mass is 369 g/mol. The molecule has 5 nitrogen and oxygen atoms in total. The number of hydrogen-bond donors (Lipinski definition) is 2. The quantitative estimate of drug-likeness (QED) is 0.711. The third kappa shape index (κ3) is 3.58. The number of nitrogens with zero attached hydrogens (tertiary/aromatic N) is 1. The van der Waals surface area contributed by atoms with Crippen LogP contribution in [0.1, 0.15) is 23.0 Å². The highest BCUT2D eigenvalue weighted by Gasteiger charge is 2.21. The number of aromatic nitrogens is 1. The molecule has 0 unspecified atom stereocenters. The number of rotatable bonds is 5. The van der Waals surface area contributed by atoms with Crippen molar-refractivity contribution in [3.63, 3.8) is 0 Å². The molecule has 3 rings (SSSR count). The molecule has 6 heteroatoms. The highest BCUT2D eigenvalue weighted by molar-refractivity contribution is 6.38. The first-order chi connectivity index (χ1) is 12.5. The highest BCUT2D eigenvalue weighted by atomic mass is 35.5. The van der Waals surface area contributed by atoms with Crippen molar-refractivity contribution < 1.29 is 9.59 Å². The Labute approximate surface area is 157 Å². The maximum atomic E-state index is 12.7. The predicted molar refractivity (Wildman–Crippen MR) is 105 cm³/mol. The lowest BCUT2D eigenvalue weighted by Crippen LogP contribution is -2.35. The van der Waals surface area contributed by atoms with Crippen LogP contribution >= 0.6 is 11.6 Å². The van der Waals surface area contributed by atoms with Gasteiger partial charge in [-0.1, -0.05) is 54.9 Å². The standard InChI is InChI=1S/C20H20ClN3O2/c1-3-13-8-4-6-10-15(13)22-17(25)12-24(2)20(26)19-18(21)14-9-5-7-11-16(14)23-19/h4-11,23H,3,12H2,1-2H3,(H,22,25). The summed E-state index contributed by atoms with van der Waals surface area (Å²) < 4.78 is 0. The van der Waals surface area contributed by atoms with E-state index in [0.29, 0.717) is 5.02 Å². The van der Waals surface area contributed by atoms with Crippen molar-refractivity contribution in [3.05, 3.63) is 64.8 Å². The SMILES string of the molecule is CCc1ccccc1NC(=O)CN(C)C(=O)c1[nH]c2ccccc2c1Cl. The summed E-state index contributed by atoms with van der Waals surface area (Å²) in [6.07, 6.45) is 0.815. The minimum atomic E-state index is -0.329. The Bertz CT molecular complexity index is 965. The second-order valence-electron chi connectivity index (χ2n) is 6.08. The predicted octanol–water partition coefficient (Wildman–Crippen LogP) is 4.09. The second kappa shape index (κ2) is 7.62. The van der Waals surface area contributed by atoms with Crippen LogP contribution in [0.2, 0.25) is 5.02 Å². The Morgan fingerprint density at radius 1 is 1.12 bits per heavy atom. The normalized spacial score (nSPS) is 10.7. The van der Waals surface area contributed by atoms with Gasteiger partial charge < -0.3 is 15.2 Å². The lowest BCUT2D eigenvalue weighted by Gasteiger charge is -2.17. The number of amides is 2. The van der Waals surface area contributed by atoms with E-state index in [4.69, 9.17) is 11.6 Å². The van der Waals surface area contributed by atoms with E-state index in [-0.39, 0.29) is 24.1 Å². The zero-order chi connectivity index (χ0) is 18.7. The number of H-pyrrole nitrogens is 1. The third-order valence-corrected chi connectivity index (χ3v) is 4.65. The Morgan fingerprint density at radius 2 is 1.81 bits per heavy atom. The summed E-state index contributed by atoms with van der Waals surface area (Å²) in [4.78, 5) is 29.4. The Hall–Kier alpha value is -2.79. The number of hydrogen-bond acceptors (Lipinski definition) is 2. The summed E-state index contributed by atoms with van der Waals surface area (Å²) in [7, 11) is 1.58. The lowest BCUT2D eigenvalue weighted by atomic mass is 10.1. The molecule has 0 saturated carbocycles. The van der Waals surface area contributed by atoms with Crippen LogP contribution in [0.15, 0.2) is 48.5 Å². The molecule has 0 aliphatic heterocycles. The number of fused-ring (bicyclic) bond motifs is 1. The van der Waals surface area contributed by atoms with Gasteiger partial charge in [0.25, 0.3) is 5.91 Å². The van der Waals surface area contributed by atoms with Crippen molar-refractivity contribution in [3.8, 4) is 0 Å². The molecule has 0 aliphatic carbocycles. The minimum Gasteiger partial charge on any atom is -0.349 e. The lowest BCUT2D eigenvalue weighted by molar-refractivity contribution is -0.116. The van der Waals surface area contributed by atoms with Gasteiger partial charge in [0.2, 0.25) is 5.91 Å². The number of nitrogens with one attached hydrogen (secondary N) is 2. The molecule has 2 amide bonds. The molecule has 0 atom stereocenters. The van der Waals surface area contributed by atoms with Crippen LogP contribution in [0.25, 0.3) is 10.9 Å². The molecule has 1 heterocycles. The largest absolute Gasteiger partial charge is 0.349 e. The number of aryl methyl sites for hydroxylation is 1. The first-order valence-electron chi connectivity index (χ1n) is 8.40. The summed E-state index contributed by atoms with van der Waals surface area (Å²) in [6, 6.07) is 15.0. The fourth-order valence-corrected chi connectivity index (χ4v) is 3.17. The fourth-order valence-electron chi connectivity index (χ4n) is 2.87. The number of likely N-dealkylation sites (N-methyl/N-ethyl adjacent to an activating group) is 1. The van der Waals surface area contributed by atoms with E-state index in [1.54, 1.807) is 7.05 Å². The second-order valence-corrected chi connectivity index (χ2v) is 6.46. The van der Waals surface area contributed by atoms with E-state index in [2.05, 4.69) is 10.3 Å². The topological polar surface area (TPSA) is 65.2 Å². The number of anilines is 1. The minimum absolute atomic E-state index is 0.0669. The molecule has 26 heavy (non-hydrogen) atoms. The first kappa shape index (κ1) is 18.0. The van der Waals surface area contributed by atoms with Crippen molar-refractivity contribution in [2.24, 2.45) is 0 Å². The van der Waals surface area contributed by atoms with Crippen LogP contribution in [-0.4, -0.2) is 35.3 Å². The zero-order valence-electron chi connectivity index (χ0n) is 14.7.